The predicted octanol–water partition coefficient (Wildman–Crippen LogP) is 2.78. The summed E-state index contributed by atoms with van der Waals surface area (Å²) in [4.78, 5) is 16.6. The van der Waals surface area contributed by atoms with Crippen LogP contribution in [0.1, 0.15) is 27.7 Å². The molecule has 0 spiro atoms. The summed E-state index contributed by atoms with van der Waals surface area (Å²) in [6, 6.07) is 9.34. The van der Waals surface area contributed by atoms with Gasteiger partial charge in [0.2, 0.25) is 5.91 Å². The number of rotatable bonds is 4. The summed E-state index contributed by atoms with van der Waals surface area (Å²) in [5, 5.41) is 3.86. The molecule has 2 rings (SSSR count). The fourth-order valence-electron chi connectivity index (χ4n) is 2.14. The Kier molecular flexibility index (Phi) is 4.24. The van der Waals surface area contributed by atoms with E-state index >= 15 is 0 Å². The van der Waals surface area contributed by atoms with Gasteiger partial charge in [0.05, 0.1) is 5.25 Å². The van der Waals surface area contributed by atoms with Crippen LogP contribution in [0.5, 0.6) is 0 Å². The van der Waals surface area contributed by atoms with E-state index in [0.29, 0.717) is 5.82 Å². The summed E-state index contributed by atoms with van der Waals surface area (Å²) >= 11 is 0. The third-order valence-corrected chi connectivity index (χ3v) is 6.60. The summed E-state index contributed by atoms with van der Waals surface area (Å²) < 4.78 is 23.1. The number of carbonyl (C=O) groups is 1. The zero-order valence-corrected chi connectivity index (χ0v) is 13.9. The SMILES string of the molecule is CC(C)S(=O)(=O)C(C)(C)C(=O)Nc1cc2ccccc2cn1. The number of hydrogen-bond donors (Lipinski definition) is 1. The topological polar surface area (TPSA) is 76.1 Å². The van der Waals surface area contributed by atoms with E-state index in [2.05, 4.69) is 10.3 Å². The van der Waals surface area contributed by atoms with Crippen molar-refractivity contribution in [2.75, 3.05) is 5.32 Å². The van der Waals surface area contributed by atoms with E-state index in [1.807, 2.05) is 24.3 Å². The van der Waals surface area contributed by atoms with Gasteiger partial charge in [-0.2, -0.15) is 0 Å². The zero-order valence-electron chi connectivity index (χ0n) is 13.1. The number of fused-ring (bicyclic) bond motifs is 1. The van der Waals surface area contributed by atoms with E-state index in [4.69, 9.17) is 0 Å². The molecule has 1 heterocycles. The molecule has 1 N–H and O–H groups in total. The fraction of sp³-hybridized carbons (Fsp3) is 0.375. The smallest absolute Gasteiger partial charge is 0.246 e. The molecule has 5 nitrogen and oxygen atoms in total. The van der Waals surface area contributed by atoms with Crippen LogP contribution in [-0.4, -0.2) is 29.3 Å². The Hall–Kier alpha value is -1.95. The molecule has 0 fully saturated rings. The van der Waals surface area contributed by atoms with Crippen LogP contribution in [-0.2, 0) is 14.6 Å². The minimum Gasteiger partial charge on any atom is -0.309 e. The fourth-order valence-corrected chi connectivity index (χ4v) is 3.63. The van der Waals surface area contributed by atoms with Gasteiger partial charge in [0, 0.05) is 11.6 Å². The summed E-state index contributed by atoms with van der Waals surface area (Å²) in [6.07, 6.45) is 1.65. The maximum atomic E-state index is 12.4. The van der Waals surface area contributed by atoms with Crippen molar-refractivity contribution in [3.05, 3.63) is 36.5 Å². The van der Waals surface area contributed by atoms with E-state index in [1.54, 1.807) is 26.1 Å². The van der Waals surface area contributed by atoms with E-state index in [0.717, 1.165) is 10.8 Å². The Morgan fingerprint density at radius 3 is 2.36 bits per heavy atom. The summed E-state index contributed by atoms with van der Waals surface area (Å²) in [6.45, 7) is 5.97. The van der Waals surface area contributed by atoms with Crippen molar-refractivity contribution >= 4 is 32.3 Å². The number of amides is 1. The van der Waals surface area contributed by atoms with E-state index < -0.39 is 25.7 Å². The second-order valence-electron chi connectivity index (χ2n) is 5.97. The first-order chi connectivity index (χ1) is 10.2. The average molecular weight is 320 g/mol. The van der Waals surface area contributed by atoms with Crippen LogP contribution in [0, 0.1) is 0 Å². The normalized spacial score (nSPS) is 12.6. The molecule has 0 bridgehead atoms. The third-order valence-electron chi connectivity index (χ3n) is 3.75. The predicted molar refractivity (Wildman–Crippen MR) is 88.5 cm³/mol. The maximum absolute atomic E-state index is 12.4. The Balaban J connectivity index is 2.30. The number of hydrogen-bond acceptors (Lipinski definition) is 4. The van der Waals surface area contributed by atoms with Crippen LogP contribution >= 0.6 is 0 Å². The summed E-state index contributed by atoms with van der Waals surface area (Å²) in [5.41, 5.74) is 0. The van der Waals surface area contributed by atoms with Crippen LogP contribution in [0.3, 0.4) is 0 Å². The van der Waals surface area contributed by atoms with Crippen molar-refractivity contribution in [3.8, 4) is 0 Å². The minimum absolute atomic E-state index is 0.343. The first kappa shape index (κ1) is 16.4. The Labute approximate surface area is 130 Å². The maximum Gasteiger partial charge on any atom is 0.246 e. The van der Waals surface area contributed by atoms with Gasteiger partial charge < -0.3 is 5.32 Å². The molecule has 0 unspecified atom stereocenters. The third kappa shape index (κ3) is 2.83. The molecule has 0 saturated carbocycles. The largest absolute Gasteiger partial charge is 0.309 e. The highest BCUT2D eigenvalue weighted by atomic mass is 32.2. The molecule has 1 amide bonds. The molecular weight excluding hydrogens is 300 g/mol. The van der Waals surface area contributed by atoms with Crippen molar-refractivity contribution in [2.24, 2.45) is 0 Å². The highest BCUT2D eigenvalue weighted by Crippen LogP contribution is 2.24. The van der Waals surface area contributed by atoms with Gasteiger partial charge in [-0.1, -0.05) is 24.3 Å². The van der Waals surface area contributed by atoms with E-state index in [9.17, 15) is 13.2 Å². The number of anilines is 1. The van der Waals surface area contributed by atoms with Gasteiger partial charge in [-0.3, -0.25) is 4.79 Å². The molecule has 0 aliphatic rings. The highest BCUT2D eigenvalue weighted by Gasteiger charge is 2.43. The minimum atomic E-state index is -3.58. The van der Waals surface area contributed by atoms with E-state index in [1.165, 1.54) is 13.8 Å². The summed E-state index contributed by atoms with van der Waals surface area (Å²) in [7, 11) is -3.58. The van der Waals surface area contributed by atoms with Gasteiger partial charge in [0.25, 0.3) is 0 Å². The Bertz CT molecular complexity index is 811. The summed E-state index contributed by atoms with van der Waals surface area (Å²) in [5.74, 6) is -0.236. The lowest BCUT2D eigenvalue weighted by atomic mass is 10.1. The van der Waals surface area contributed by atoms with Gasteiger partial charge in [0.15, 0.2) is 9.84 Å². The molecule has 0 aliphatic carbocycles. The molecule has 0 radical (unpaired) electrons. The lowest BCUT2D eigenvalue weighted by Gasteiger charge is -2.25. The number of pyridine rings is 1. The highest BCUT2D eigenvalue weighted by molar-refractivity contribution is 7.94. The Morgan fingerprint density at radius 2 is 1.77 bits per heavy atom. The van der Waals surface area contributed by atoms with Crippen LogP contribution in [0.25, 0.3) is 10.8 Å². The Morgan fingerprint density at radius 1 is 1.18 bits per heavy atom. The standard InChI is InChI=1S/C16H20N2O3S/c1-11(2)22(20,21)16(3,4)15(19)18-14-9-12-7-5-6-8-13(12)10-17-14/h5-11H,1-4H3,(H,17,18,19). The number of sulfone groups is 1. The second kappa shape index (κ2) is 5.68. The number of nitrogens with zero attached hydrogens (tertiary/aromatic N) is 1. The molecule has 0 aliphatic heterocycles. The molecule has 2 aromatic rings. The van der Waals surface area contributed by atoms with Gasteiger partial charge in [-0.05, 0) is 39.1 Å². The molecule has 1 aromatic heterocycles. The number of nitrogens with one attached hydrogen (secondary N) is 1. The van der Waals surface area contributed by atoms with Crippen LogP contribution in [0.15, 0.2) is 36.5 Å². The van der Waals surface area contributed by atoms with Crippen LogP contribution in [0.4, 0.5) is 5.82 Å². The van der Waals surface area contributed by atoms with E-state index in [-0.39, 0.29) is 0 Å². The number of aromatic nitrogens is 1. The molecule has 6 heteroatoms. The molecule has 22 heavy (non-hydrogen) atoms. The first-order valence-electron chi connectivity index (χ1n) is 7.06. The first-order valence-corrected chi connectivity index (χ1v) is 8.60. The van der Waals surface area contributed by atoms with Gasteiger partial charge in [0.1, 0.15) is 10.6 Å². The number of carbonyl (C=O) groups excluding carboxylic acids is 1. The van der Waals surface area contributed by atoms with Crippen molar-refractivity contribution in [3.63, 3.8) is 0 Å². The lowest BCUT2D eigenvalue weighted by molar-refractivity contribution is -0.117. The molecule has 1 aromatic carbocycles. The quantitative estimate of drug-likeness (QED) is 0.940. The van der Waals surface area contributed by atoms with Gasteiger partial charge >= 0.3 is 0 Å². The van der Waals surface area contributed by atoms with Gasteiger partial charge in [-0.25, -0.2) is 13.4 Å². The second-order valence-corrected chi connectivity index (χ2v) is 9.03. The van der Waals surface area contributed by atoms with Crippen LogP contribution < -0.4 is 5.32 Å². The van der Waals surface area contributed by atoms with Crippen molar-refractivity contribution in [1.82, 2.24) is 4.98 Å². The lowest BCUT2D eigenvalue weighted by Crippen LogP contribution is -2.47. The number of benzene rings is 1. The van der Waals surface area contributed by atoms with Crippen molar-refractivity contribution in [2.45, 2.75) is 37.7 Å². The van der Waals surface area contributed by atoms with Crippen molar-refractivity contribution in [1.29, 1.82) is 0 Å². The molecule has 118 valence electrons. The molecule has 0 atom stereocenters. The van der Waals surface area contributed by atoms with Crippen molar-refractivity contribution < 1.29 is 13.2 Å². The molecule has 0 saturated heterocycles. The van der Waals surface area contributed by atoms with Gasteiger partial charge in [-0.15, -0.1) is 0 Å². The zero-order chi connectivity index (χ0) is 16.5. The molecular formula is C16H20N2O3S. The average Bonchev–Trinajstić information content (AvgIpc) is 2.46. The monoisotopic (exact) mass is 320 g/mol. The van der Waals surface area contributed by atoms with Crippen LogP contribution in [0.2, 0.25) is 0 Å².